The second-order valence-corrected chi connectivity index (χ2v) is 4.13. The van der Waals surface area contributed by atoms with Crippen molar-refractivity contribution in [1.29, 1.82) is 0 Å². The van der Waals surface area contributed by atoms with E-state index in [0.717, 1.165) is 25.8 Å². The fourth-order valence-electron chi connectivity index (χ4n) is 1.44. The zero-order valence-electron chi connectivity index (χ0n) is 9.94. The minimum absolute atomic E-state index is 0.0524. The van der Waals surface area contributed by atoms with Gasteiger partial charge < -0.3 is 15.1 Å². The molecule has 0 aliphatic heterocycles. The lowest BCUT2D eigenvalue weighted by atomic mass is 10.0. The highest BCUT2D eigenvalue weighted by molar-refractivity contribution is 5.70. The third-order valence-corrected chi connectivity index (χ3v) is 2.98. The van der Waals surface area contributed by atoms with E-state index < -0.39 is 5.97 Å². The monoisotopic (exact) mass is 217 g/mol. The molecule has 2 unspecified atom stereocenters. The predicted molar refractivity (Wildman–Crippen MR) is 59.8 cm³/mol. The van der Waals surface area contributed by atoms with E-state index >= 15 is 0 Å². The van der Waals surface area contributed by atoms with Crippen LogP contribution in [0.25, 0.3) is 0 Å². The highest BCUT2D eigenvalue weighted by Gasteiger charge is 2.22. The van der Waals surface area contributed by atoms with Crippen LogP contribution in [-0.4, -0.2) is 47.3 Å². The van der Waals surface area contributed by atoms with E-state index in [1.807, 2.05) is 14.0 Å². The first kappa shape index (κ1) is 14.4. The van der Waals surface area contributed by atoms with Crippen molar-refractivity contribution in [1.82, 2.24) is 4.90 Å². The fourth-order valence-corrected chi connectivity index (χ4v) is 1.44. The molecule has 2 N–H and O–H groups in total. The number of carboxylic acids is 1. The van der Waals surface area contributed by atoms with Crippen LogP contribution < -0.4 is 0 Å². The van der Waals surface area contributed by atoms with Crippen LogP contribution in [-0.2, 0) is 4.79 Å². The number of nitrogens with zero attached hydrogens (tertiary/aromatic N) is 1. The fraction of sp³-hybridized carbons (Fsp3) is 0.909. The molecule has 0 heterocycles. The molecule has 2 atom stereocenters. The van der Waals surface area contributed by atoms with Gasteiger partial charge in [-0.25, -0.2) is 0 Å². The van der Waals surface area contributed by atoms with Crippen molar-refractivity contribution in [2.45, 2.75) is 39.2 Å². The molecule has 0 bridgehead atoms. The molecule has 0 radical (unpaired) electrons. The van der Waals surface area contributed by atoms with Crippen LogP contribution in [0.2, 0.25) is 0 Å². The smallest absolute Gasteiger partial charge is 0.307 e. The number of unbranched alkanes of at least 4 members (excludes halogenated alkanes) is 2. The van der Waals surface area contributed by atoms with E-state index in [-0.39, 0.29) is 18.6 Å². The van der Waals surface area contributed by atoms with E-state index in [1.54, 1.807) is 6.92 Å². The summed E-state index contributed by atoms with van der Waals surface area (Å²) in [4.78, 5) is 12.8. The lowest BCUT2D eigenvalue weighted by molar-refractivity contribution is -0.143. The highest BCUT2D eigenvalue weighted by atomic mass is 16.4. The lowest BCUT2D eigenvalue weighted by Gasteiger charge is -2.27. The number of aliphatic hydroxyl groups excluding tert-OH is 1. The molecular formula is C11H23NO3. The second-order valence-electron chi connectivity index (χ2n) is 4.13. The molecule has 0 spiro atoms. The van der Waals surface area contributed by atoms with Gasteiger partial charge in [0.15, 0.2) is 0 Å². The molecule has 0 aromatic carbocycles. The van der Waals surface area contributed by atoms with Crippen molar-refractivity contribution < 1.29 is 15.0 Å². The second kappa shape index (κ2) is 7.65. The molecule has 0 saturated heterocycles. The van der Waals surface area contributed by atoms with Gasteiger partial charge in [0.25, 0.3) is 0 Å². The molecular weight excluding hydrogens is 194 g/mol. The molecule has 15 heavy (non-hydrogen) atoms. The van der Waals surface area contributed by atoms with Crippen molar-refractivity contribution in [3.63, 3.8) is 0 Å². The third-order valence-electron chi connectivity index (χ3n) is 2.98. The Morgan fingerprint density at radius 3 is 2.33 bits per heavy atom. The van der Waals surface area contributed by atoms with E-state index in [0.29, 0.717) is 0 Å². The number of aliphatic hydroxyl groups is 1. The zero-order valence-corrected chi connectivity index (χ0v) is 9.94. The van der Waals surface area contributed by atoms with Crippen molar-refractivity contribution in [3.05, 3.63) is 0 Å². The van der Waals surface area contributed by atoms with E-state index in [1.165, 1.54) is 0 Å². The third kappa shape index (κ3) is 5.74. The Labute approximate surface area is 91.9 Å². The number of aliphatic carboxylic acids is 1. The predicted octanol–water partition coefficient (Wildman–Crippen LogP) is 1.19. The summed E-state index contributed by atoms with van der Waals surface area (Å²) in [6.45, 7) is 4.80. The zero-order chi connectivity index (χ0) is 11.8. The molecule has 0 fully saturated rings. The summed E-state index contributed by atoms with van der Waals surface area (Å²) < 4.78 is 0. The summed E-state index contributed by atoms with van der Waals surface area (Å²) in [5, 5.41) is 17.5. The first-order valence-corrected chi connectivity index (χ1v) is 5.54. The average Bonchev–Trinajstić information content (AvgIpc) is 2.21. The van der Waals surface area contributed by atoms with Crippen LogP contribution in [0.1, 0.15) is 33.1 Å². The van der Waals surface area contributed by atoms with Crippen LogP contribution in [0, 0.1) is 5.92 Å². The Balaban J connectivity index is 3.78. The van der Waals surface area contributed by atoms with Crippen LogP contribution in [0.5, 0.6) is 0 Å². The van der Waals surface area contributed by atoms with Gasteiger partial charge >= 0.3 is 5.97 Å². The standard InChI is InChI=1S/C11H23NO3/c1-9(11(14)15)10(2)12(3)7-5-4-6-8-13/h9-10,13H,4-8H2,1-3H3,(H,14,15). The number of carbonyl (C=O) groups is 1. The summed E-state index contributed by atoms with van der Waals surface area (Å²) in [6.07, 6.45) is 2.83. The topological polar surface area (TPSA) is 60.8 Å². The van der Waals surface area contributed by atoms with Gasteiger partial charge in [0.1, 0.15) is 0 Å². The van der Waals surface area contributed by atoms with Crippen LogP contribution in [0.15, 0.2) is 0 Å². The van der Waals surface area contributed by atoms with Gasteiger partial charge in [0, 0.05) is 12.6 Å². The summed E-state index contributed by atoms with van der Waals surface area (Å²) in [5.41, 5.74) is 0. The van der Waals surface area contributed by atoms with E-state index in [2.05, 4.69) is 4.90 Å². The van der Waals surface area contributed by atoms with Gasteiger partial charge in [-0.05, 0) is 39.8 Å². The number of hydrogen-bond acceptors (Lipinski definition) is 3. The van der Waals surface area contributed by atoms with E-state index in [4.69, 9.17) is 10.2 Å². The quantitative estimate of drug-likeness (QED) is 0.600. The summed E-state index contributed by atoms with van der Waals surface area (Å²) >= 11 is 0. The molecule has 0 amide bonds. The molecule has 0 saturated carbocycles. The maximum atomic E-state index is 10.8. The summed E-state index contributed by atoms with van der Waals surface area (Å²) in [6, 6.07) is 0.0524. The first-order valence-electron chi connectivity index (χ1n) is 5.54. The Morgan fingerprint density at radius 2 is 1.87 bits per heavy atom. The molecule has 0 aliphatic rings. The minimum Gasteiger partial charge on any atom is -0.481 e. The molecule has 0 aliphatic carbocycles. The molecule has 4 nitrogen and oxygen atoms in total. The van der Waals surface area contributed by atoms with Gasteiger partial charge in [-0.1, -0.05) is 6.92 Å². The molecule has 90 valence electrons. The maximum absolute atomic E-state index is 10.8. The van der Waals surface area contributed by atoms with Crippen molar-refractivity contribution >= 4 is 5.97 Å². The normalized spacial score (nSPS) is 15.3. The van der Waals surface area contributed by atoms with E-state index in [9.17, 15) is 4.79 Å². The van der Waals surface area contributed by atoms with Gasteiger partial charge in [-0.2, -0.15) is 0 Å². The number of rotatable bonds is 8. The van der Waals surface area contributed by atoms with Crippen LogP contribution in [0.4, 0.5) is 0 Å². The summed E-state index contributed by atoms with van der Waals surface area (Å²) in [7, 11) is 1.95. The Bertz CT molecular complexity index is 185. The minimum atomic E-state index is -0.746. The van der Waals surface area contributed by atoms with Crippen LogP contribution in [0.3, 0.4) is 0 Å². The average molecular weight is 217 g/mol. The number of carboxylic acid groups (broad SMARTS) is 1. The highest BCUT2D eigenvalue weighted by Crippen LogP contribution is 2.10. The summed E-state index contributed by atoms with van der Waals surface area (Å²) in [5.74, 6) is -1.09. The molecule has 0 aromatic rings. The Kier molecular flexibility index (Phi) is 7.34. The van der Waals surface area contributed by atoms with Crippen LogP contribution >= 0.6 is 0 Å². The van der Waals surface area contributed by atoms with Crippen molar-refractivity contribution in [3.8, 4) is 0 Å². The van der Waals surface area contributed by atoms with Gasteiger partial charge in [0.2, 0.25) is 0 Å². The first-order chi connectivity index (χ1) is 7.00. The van der Waals surface area contributed by atoms with Gasteiger partial charge in [-0.15, -0.1) is 0 Å². The van der Waals surface area contributed by atoms with Gasteiger partial charge in [-0.3, -0.25) is 4.79 Å². The molecule has 4 heteroatoms. The largest absolute Gasteiger partial charge is 0.481 e. The number of hydrogen-bond donors (Lipinski definition) is 2. The Morgan fingerprint density at radius 1 is 1.27 bits per heavy atom. The molecule has 0 rings (SSSR count). The van der Waals surface area contributed by atoms with Crippen molar-refractivity contribution in [2.24, 2.45) is 5.92 Å². The SMILES string of the molecule is CC(C(=O)O)C(C)N(C)CCCCCO. The lowest BCUT2D eigenvalue weighted by Crippen LogP contribution is -2.38. The Hall–Kier alpha value is -0.610. The maximum Gasteiger partial charge on any atom is 0.307 e. The van der Waals surface area contributed by atoms with Crippen molar-refractivity contribution in [2.75, 3.05) is 20.2 Å². The molecule has 0 aromatic heterocycles. The van der Waals surface area contributed by atoms with Gasteiger partial charge in [0.05, 0.1) is 5.92 Å².